The van der Waals surface area contributed by atoms with E-state index in [1.807, 2.05) is 0 Å². The van der Waals surface area contributed by atoms with Crippen molar-refractivity contribution in [2.75, 3.05) is 5.73 Å². The summed E-state index contributed by atoms with van der Waals surface area (Å²) >= 11 is 1.08. The Labute approximate surface area is 88.1 Å². The van der Waals surface area contributed by atoms with Crippen LogP contribution in [0.5, 0.6) is 10.9 Å². The van der Waals surface area contributed by atoms with Gasteiger partial charge in [-0.2, -0.15) is 0 Å². The van der Waals surface area contributed by atoms with Crippen LogP contribution in [-0.2, 0) is 0 Å². The van der Waals surface area contributed by atoms with Crippen molar-refractivity contribution in [1.29, 1.82) is 0 Å². The minimum atomic E-state index is -0.774. The molecule has 2 N–H and O–H groups in total. The van der Waals surface area contributed by atoms with Crippen molar-refractivity contribution in [1.82, 2.24) is 4.98 Å². The number of halogens is 2. The van der Waals surface area contributed by atoms with Gasteiger partial charge in [-0.15, -0.1) is 0 Å². The number of thiazole rings is 1. The second-order valence-corrected chi connectivity index (χ2v) is 3.73. The number of nitrogen functional groups attached to an aromatic ring is 1. The molecule has 0 radical (unpaired) electrons. The maximum Gasteiger partial charge on any atom is 0.280 e. The Balaban J connectivity index is 2.24. The van der Waals surface area contributed by atoms with Gasteiger partial charge in [0, 0.05) is 6.07 Å². The van der Waals surface area contributed by atoms with Crippen LogP contribution < -0.4 is 10.5 Å². The number of aromatic nitrogens is 1. The minimum Gasteiger partial charge on any atom is -0.428 e. The van der Waals surface area contributed by atoms with E-state index in [-0.39, 0.29) is 10.9 Å². The molecule has 78 valence electrons. The van der Waals surface area contributed by atoms with Crippen molar-refractivity contribution in [2.45, 2.75) is 0 Å². The second kappa shape index (κ2) is 3.82. The van der Waals surface area contributed by atoms with Crippen LogP contribution in [0.3, 0.4) is 0 Å². The summed E-state index contributed by atoms with van der Waals surface area (Å²) in [6.07, 6.45) is 1.40. The van der Waals surface area contributed by atoms with Crippen LogP contribution in [-0.4, -0.2) is 4.98 Å². The standard InChI is InChI=1S/C9H6F2N2OS/c10-5-1-2-7(6(11)3-5)14-9-13-4-8(12)15-9/h1-4H,12H2. The van der Waals surface area contributed by atoms with Crippen molar-refractivity contribution < 1.29 is 13.5 Å². The van der Waals surface area contributed by atoms with Gasteiger partial charge in [0.05, 0.1) is 6.20 Å². The fourth-order valence-electron chi connectivity index (χ4n) is 0.969. The first-order valence-electron chi connectivity index (χ1n) is 3.99. The van der Waals surface area contributed by atoms with Crippen molar-refractivity contribution in [2.24, 2.45) is 0 Å². The van der Waals surface area contributed by atoms with Crippen LogP contribution in [0, 0.1) is 11.6 Å². The highest BCUT2D eigenvalue weighted by molar-refractivity contribution is 7.17. The van der Waals surface area contributed by atoms with E-state index < -0.39 is 11.6 Å². The molecule has 6 heteroatoms. The maximum absolute atomic E-state index is 13.1. The third kappa shape index (κ3) is 2.21. The van der Waals surface area contributed by atoms with Gasteiger partial charge in [0.2, 0.25) is 0 Å². The first-order chi connectivity index (χ1) is 7.15. The summed E-state index contributed by atoms with van der Waals surface area (Å²) in [5, 5.41) is 0.686. The van der Waals surface area contributed by atoms with E-state index in [4.69, 9.17) is 10.5 Å². The number of anilines is 1. The number of nitrogens with two attached hydrogens (primary N) is 1. The Morgan fingerprint density at radius 1 is 1.33 bits per heavy atom. The van der Waals surface area contributed by atoms with E-state index in [2.05, 4.69) is 4.98 Å². The summed E-state index contributed by atoms with van der Waals surface area (Å²) in [5.74, 6) is -1.51. The average Bonchev–Trinajstić information content (AvgIpc) is 2.56. The largest absolute Gasteiger partial charge is 0.428 e. The van der Waals surface area contributed by atoms with Crippen molar-refractivity contribution >= 4 is 16.3 Å². The fraction of sp³-hybridized carbons (Fsp3) is 0. The lowest BCUT2D eigenvalue weighted by atomic mass is 10.3. The zero-order valence-electron chi connectivity index (χ0n) is 7.41. The van der Waals surface area contributed by atoms with E-state index in [0.717, 1.165) is 23.5 Å². The molecule has 0 unspecified atom stereocenters. The smallest absolute Gasteiger partial charge is 0.280 e. The van der Waals surface area contributed by atoms with E-state index in [1.165, 1.54) is 12.3 Å². The summed E-state index contributed by atoms with van der Waals surface area (Å²) in [6, 6.07) is 3.05. The van der Waals surface area contributed by atoms with Crippen molar-refractivity contribution in [3.8, 4) is 10.9 Å². The SMILES string of the molecule is Nc1cnc(Oc2ccc(F)cc2F)s1. The third-order valence-electron chi connectivity index (χ3n) is 1.59. The van der Waals surface area contributed by atoms with Gasteiger partial charge < -0.3 is 10.5 Å². The highest BCUT2D eigenvalue weighted by Gasteiger charge is 2.08. The first kappa shape index (κ1) is 9.85. The molecule has 1 aromatic heterocycles. The van der Waals surface area contributed by atoms with Gasteiger partial charge in [0.1, 0.15) is 10.8 Å². The van der Waals surface area contributed by atoms with Crippen LogP contribution in [0.2, 0.25) is 0 Å². The zero-order chi connectivity index (χ0) is 10.8. The van der Waals surface area contributed by atoms with Gasteiger partial charge in [-0.05, 0) is 12.1 Å². The quantitative estimate of drug-likeness (QED) is 0.859. The lowest BCUT2D eigenvalue weighted by molar-refractivity contribution is 0.435. The van der Waals surface area contributed by atoms with Gasteiger partial charge in [-0.1, -0.05) is 11.3 Å². The molecule has 3 nitrogen and oxygen atoms in total. The van der Waals surface area contributed by atoms with Crippen LogP contribution in [0.15, 0.2) is 24.4 Å². The summed E-state index contributed by atoms with van der Waals surface area (Å²) < 4.78 is 30.8. The third-order valence-corrected chi connectivity index (χ3v) is 2.30. The highest BCUT2D eigenvalue weighted by Crippen LogP contribution is 2.29. The molecule has 1 aromatic carbocycles. The summed E-state index contributed by atoms with van der Waals surface area (Å²) in [7, 11) is 0. The number of rotatable bonds is 2. The predicted molar refractivity (Wildman–Crippen MR) is 53.0 cm³/mol. The molecule has 0 spiro atoms. The molecular weight excluding hydrogens is 222 g/mol. The van der Waals surface area contributed by atoms with Gasteiger partial charge in [-0.3, -0.25) is 0 Å². The van der Waals surface area contributed by atoms with Gasteiger partial charge in [0.25, 0.3) is 5.19 Å². The number of ether oxygens (including phenoxy) is 1. The number of hydrogen-bond donors (Lipinski definition) is 1. The number of hydrogen-bond acceptors (Lipinski definition) is 4. The monoisotopic (exact) mass is 228 g/mol. The molecule has 2 rings (SSSR count). The van der Waals surface area contributed by atoms with Crippen LogP contribution in [0.4, 0.5) is 13.8 Å². The number of nitrogens with zero attached hydrogens (tertiary/aromatic N) is 1. The van der Waals surface area contributed by atoms with Gasteiger partial charge >= 0.3 is 0 Å². The molecule has 0 aliphatic carbocycles. The molecule has 0 fully saturated rings. The summed E-state index contributed by atoms with van der Waals surface area (Å²) in [6.45, 7) is 0. The molecule has 15 heavy (non-hydrogen) atoms. The Bertz CT molecular complexity index is 487. The van der Waals surface area contributed by atoms with Crippen LogP contribution >= 0.6 is 11.3 Å². The molecule has 0 aliphatic heterocycles. The predicted octanol–water partition coefficient (Wildman–Crippen LogP) is 2.80. The molecule has 0 amide bonds. The Morgan fingerprint density at radius 2 is 2.13 bits per heavy atom. The fourth-order valence-corrected chi connectivity index (χ4v) is 1.51. The van der Waals surface area contributed by atoms with Crippen LogP contribution in [0.25, 0.3) is 0 Å². The van der Waals surface area contributed by atoms with E-state index >= 15 is 0 Å². The van der Waals surface area contributed by atoms with E-state index in [9.17, 15) is 8.78 Å². The molecule has 0 saturated heterocycles. The second-order valence-electron chi connectivity index (χ2n) is 2.71. The molecule has 0 saturated carbocycles. The topological polar surface area (TPSA) is 48.1 Å². The Morgan fingerprint density at radius 3 is 2.73 bits per heavy atom. The van der Waals surface area contributed by atoms with Crippen molar-refractivity contribution in [3.63, 3.8) is 0 Å². The Hall–Kier alpha value is -1.69. The molecule has 1 heterocycles. The zero-order valence-corrected chi connectivity index (χ0v) is 8.22. The van der Waals surface area contributed by atoms with E-state index in [1.54, 1.807) is 0 Å². The maximum atomic E-state index is 13.1. The van der Waals surface area contributed by atoms with Crippen LogP contribution in [0.1, 0.15) is 0 Å². The summed E-state index contributed by atoms with van der Waals surface area (Å²) in [5.41, 5.74) is 5.42. The normalized spacial score (nSPS) is 10.3. The lowest BCUT2D eigenvalue weighted by Crippen LogP contribution is -1.88. The molecular formula is C9H6F2N2OS. The minimum absolute atomic E-state index is 0.0780. The highest BCUT2D eigenvalue weighted by atomic mass is 32.1. The first-order valence-corrected chi connectivity index (χ1v) is 4.81. The molecule has 2 aromatic rings. The average molecular weight is 228 g/mol. The Kier molecular flexibility index (Phi) is 2.51. The molecule has 0 bridgehead atoms. The van der Waals surface area contributed by atoms with E-state index in [0.29, 0.717) is 5.00 Å². The number of benzene rings is 1. The summed E-state index contributed by atoms with van der Waals surface area (Å²) in [4.78, 5) is 3.79. The molecule has 0 atom stereocenters. The molecule has 0 aliphatic rings. The lowest BCUT2D eigenvalue weighted by Gasteiger charge is -2.02. The van der Waals surface area contributed by atoms with Crippen molar-refractivity contribution in [3.05, 3.63) is 36.0 Å². The van der Waals surface area contributed by atoms with Gasteiger partial charge in [0.15, 0.2) is 11.6 Å². The van der Waals surface area contributed by atoms with Gasteiger partial charge in [-0.25, -0.2) is 13.8 Å².